The first kappa shape index (κ1) is 41.4. The smallest absolute Gasteiger partial charge is 0.262 e. The van der Waals surface area contributed by atoms with Crippen LogP contribution in [0.2, 0.25) is 0 Å². The number of ether oxygens (including phenoxy) is 1. The predicted molar refractivity (Wildman–Crippen MR) is 228 cm³/mol. The zero-order valence-corrected chi connectivity index (χ0v) is 35.4. The fourth-order valence-corrected chi connectivity index (χ4v) is 10.9. The second-order valence-corrected chi connectivity index (χ2v) is 18.2. The summed E-state index contributed by atoms with van der Waals surface area (Å²) < 4.78 is 20.8. The number of nitrogens with zero attached hydrogens (tertiary/aromatic N) is 6. The van der Waals surface area contributed by atoms with E-state index in [1.807, 2.05) is 11.0 Å². The van der Waals surface area contributed by atoms with Gasteiger partial charge in [0.25, 0.3) is 17.7 Å². The number of Topliss-reactive ketones (excluding diaryl/α,β-unsaturated/α-hetero) is 2. The van der Waals surface area contributed by atoms with Crippen molar-refractivity contribution < 1.29 is 33.1 Å². The Bertz CT molecular complexity index is 2180. The van der Waals surface area contributed by atoms with E-state index in [2.05, 4.69) is 64.0 Å². The van der Waals surface area contributed by atoms with Gasteiger partial charge in [0, 0.05) is 88.0 Å². The van der Waals surface area contributed by atoms with Gasteiger partial charge in [-0.1, -0.05) is 24.3 Å². The summed E-state index contributed by atoms with van der Waals surface area (Å²) >= 11 is 0. The van der Waals surface area contributed by atoms with Crippen LogP contribution in [-0.4, -0.2) is 145 Å². The van der Waals surface area contributed by atoms with Crippen molar-refractivity contribution in [2.45, 2.75) is 75.4 Å². The molecule has 0 aromatic heterocycles. The third-order valence-corrected chi connectivity index (χ3v) is 14.5. The number of imide groups is 1. The minimum absolute atomic E-state index is 0.0601. The first-order chi connectivity index (χ1) is 29.5. The first-order valence-corrected chi connectivity index (χ1v) is 22.2. The van der Waals surface area contributed by atoms with Crippen LogP contribution in [0.4, 0.5) is 10.1 Å². The van der Waals surface area contributed by atoms with E-state index >= 15 is 0 Å². The number of hydrogen-bond donors (Lipinski definition) is 0. The highest BCUT2D eigenvalue weighted by Gasteiger charge is 2.45. The van der Waals surface area contributed by atoms with Crippen LogP contribution in [0, 0.1) is 11.7 Å². The summed E-state index contributed by atoms with van der Waals surface area (Å²) in [5.41, 5.74) is 5.05. The number of benzene rings is 3. The van der Waals surface area contributed by atoms with E-state index in [4.69, 9.17) is 4.74 Å². The van der Waals surface area contributed by atoms with Crippen molar-refractivity contribution in [2.75, 3.05) is 84.5 Å². The molecule has 0 bridgehead atoms. The molecule has 4 fully saturated rings. The largest absolute Gasteiger partial charge is 0.484 e. The van der Waals surface area contributed by atoms with Crippen LogP contribution in [0.3, 0.4) is 0 Å². The molecule has 0 spiro atoms. The number of rotatable bonds is 11. The van der Waals surface area contributed by atoms with E-state index in [-0.39, 0.29) is 60.5 Å². The number of likely N-dealkylation sites (tertiary alicyclic amines) is 2. The number of carbonyl (C=O) groups is 5. The topological polar surface area (TPSA) is 114 Å². The number of carbonyl (C=O) groups excluding carboxylic acids is 5. The van der Waals surface area contributed by atoms with E-state index in [1.54, 1.807) is 12.1 Å². The van der Waals surface area contributed by atoms with Gasteiger partial charge in [-0.25, -0.2) is 4.39 Å². The standard InChI is InChI=1S/C48H57FN6O6/c1-50(2)43-29-54(42-14-8-33-4-3-5-40(49)46(33)42)28-39(43)32-6-9-34(10-7-32)52-24-22-51(23-25-52)19-16-31-17-20-53(21-18-31)45(58)30-61-36-12-13-37-38(27-36)48(60)55(47(37)59)41-15-11-35(56)26-44(41)57/h3-7,9-10,12-13,27,31,39,41-43H,8,11,14-26,28-30H2,1-2H3/t39-,41?,42?,43+/m1/s1. The van der Waals surface area contributed by atoms with Crippen LogP contribution < -0.4 is 9.64 Å². The molecule has 6 aliphatic rings. The summed E-state index contributed by atoms with van der Waals surface area (Å²) in [7, 11) is 4.33. The lowest BCUT2D eigenvalue weighted by atomic mass is 9.92. The van der Waals surface area contributed by atoms with Crippen LogP contribution in [0.5, 0.6) is 5.75 Å². The minimum atomic E-state index is -0.928. The number of aryl methyl sites for hydroxylation is 1. The molecule has 3 aromatic rings. The summed E-state index contributed by atoms with van der Waals surface area (Å²) in [5, 5.41) is 0. The zero-order valence-electron chi connectivity index (χ0n) is 35.4. The highest BCUT2D eigenvalue weighted by molar-refractivity contribution is 6.23. The van der Waals surface area contributed by atoms with Crippen molar-refractivity contribution in [1.29, 1.82) is 0 Å². The molecular formula is C48H57FN6O6. The Morgan fingerprint density at radius 1 is 0.803 bits per heavy atom. The lowest BCUT2D eigenvalue weighted by Gasteiger charge is -2.38. The van der Waals surface area contributed by atoms with Gasteiger partial charge >= 0.3 is 0 Å². The van der Waals surface area contributed by atoms with Crippen molar-refractivity contribution in [3.8, 4) is 5.75 Å². The molecule has 3 amide bonds. The van der Waals surface area contributed by atoms with Gasteiger partial charge in [0.1, 0.15) is 17.3 Å². The molecule has 322 valence electrons. The van der Waals surface area contributed by atoms with Gasteiger partial charge in [-0.05, 0) is 113 Å². The molecule has 0 N–H and O–H groups in total. The lowest BCUT2D eigenvalue weighted by molar-refractivity contribution is -0.135. The van der Waals surface area contributed by atoms with Crippen LogP contribution >= 0.6 is 0 Å². The fourth-order valence-electron chi connectivity index (χ4n) is 10.9. The van der Waals surface area contributed by atoms with Gasteiger partial charge < -0.3 is 19.4 Å². The third kappa shape index (κ3) is 8.36. The summed E-state index contributed by atoms with van der Waals surface area (Å²) in [6, 6.07) is 18.9. The van der Waals surface area contributed by atoms with Gasteiger partial charge in [0.05, 0.1) is 23.6 Å². The van der Waals surface area contributed by atoms with Gasteiger partial charge in [-0.15, -0.1) is 0 Å². The first-order valence-electron chi connectivity index (χ1n) is 22.2. The van der Waals surface area contributed by atoms with Crippen molar-refractivity contribution in [1.82, 2.24) is 24.5 Å². The van der Waals surface area contributed by atoms with Gasteiger partial charge in [-0.3, -0.25) is 38.7 Å². The van der Waals surface area contributed by atoms with E-state index in [0.29, 0.717) is 36.7 Å². The van der Waals surface area contributed by atoms with Gasteiger partial charge in [0.2, 0.25) is 0 Å². The van der Waals surface area contributed by atoms with Crippen molar-refractivity contribution in [3.05, 3.63) is 94.3 Å². The van der Waals surface area contributed by atoms with Crippen molar-refractivity contribution in [3.63, 3.8) is 0 Å². The number of anilines is 1. The maximum absolute atomic E-state index is 15.0. The fraction of sp³-hybridized carbons (Fsp3) is 0.521. The van der Waals surface area contributed by atoms with Crippen molar-refractivity contribution in [2.24, 2.45) is 5.92 Å². The normalized spacial score (nSPS) is 25.2. The third-order valence-electron chi connectivity index (χ3n) is 14.5. The van der Waals surface area contributed by atoms with E-state index < -0.39 is 23.6 Å². The number of likely N-dealkylation sites (N-methyl/N-ethyl adjacent to an activating group) is 1. The Labute approximate surface area is 357 Å². The summed E-state index contributed by atoms with van der Waals surface area (Å²) in [6.07, 6.45) is 5.00. The molecule has 61 heavy (non-hydrogen) atoms. The molecule has 9 rings (SSSR count). The molecule has 4 atom stereocenters. The monoisotopic (exact) mass is 832 g/mol. The van der Waals surface area contributed by atoms with E-state index in [0.717, 1.165) is 88.4 Å². The Balaban J connectivity index is 0.697. The highest BCUT2D eigenvalue weighted by Crippen LogP contribution is 2.43. The number of hydrogen-bond acceptors (Lipinski definition) is 10. The molecule has 2 aliphatic carbocycles. The molecular weight excluding hydrogens is 776 g/mol. The van der Waals surface area contributed by atoms with Crippen LogP contribution in [0.25, 0.3) is 0 Å². The Morgan fingerprint density at radius 3 is 2.28 bits per heavy atom. The predicted octanol–water partition coefficient (Wildman–Crippen LogP) is 4.96. The molecule has 2 unspecified atom stereocenters. The number of ketones is 2. The van der Waals surface area contributed by atoms with E-state index in [1.165, 1.54) is 28.9 Å². The van der Waals surface area contributed by atoms with E-state index in [9.17, 15) is 28.4 Å². The molecule has 4 heterocycles. The zero-order chi connectivity index (χ0) is 42.4. The SMILES string of the molecule is CN(C)[C@H]1CN(C2CCc3cccc(F)c32)C[C@@H]1c1ccc(N2CCN(CCC3CCN(C(=O)COc4ccc5c(c4)C(=O)N(C4CCC(=O)CC4=O)C5=O)CC3)CC2)cc1. The van der Waals surface area contributed by atoms with Crippen LogP contribution in [-0.2, 0) is 20.8 Å². The second kappa shape index (κ2) is 17.4. The molecule has 3 aromatic carbocycles. The van der Waals surface area contributed by atoms with Gasteiger partial charge in [-0.2, -0.15) is 0 Å². The second-order valence-electron chi connectivity index (χ2n) is 18.2. The average Bonchev–Trinajstić information content (AvgIpc) is 3.98. The molecule has 13 heteroatoms. The number of amides is 3. The summed E-state index contributed by atoms with van der Waals surface area (Å²) in [4.78, 5) is 76.3. The maximum atomic E-state index is 15.0. The van der Waals surface area contributed by atoms with Crippen molar-refractivity contribution >= 4 is 35.0 Å². The highest BCUT2D eigenvalue weighted by atomic mass is 19.1. The minimum Gasteiger partial charge on any atom is -0.484 e. The quantitative estimate of drug-likeness (QED) is 0.194. The molecule has 4 aliphatic heterocycles. The maximum Gasteiger partial charge on any atom is 0.262 e. The molecule has 1 saturated carbocycles. The number of fused-ring (bicyclic) bond motifs is 2. The Morgan fingerprint density at radius 2 is 1.54 bits per heavy atom. The Kier molecular flexibility index (Phi) is 11.8. The molecule has 0 radical (unpaired) electrons. The summed E-state index contributed by atoms with van der Waals surface area (Å²) in [5.74, 6) is -0.627. The van der Waals surface area contributed by atoms with Crippen LogP contribution in [0.15, 0.2) is 60.7 Å². The number of halogens is 1. The Hall–Kier alpha value is -4.98. The molecule has 12 nitrogen and oxygen atoms in total. The number of piperidine rings is 1. The average molecular weight is 833 g/mol. The van der Waals surface area contributed by atoms with Crippen LogP contribution in [0.1, 0.15) is 94.3 Å². The molecule has 3 saturated heterocycles. The van der Waals surface area contributed by atoms with Gasteiger partial charge in [0.15, 0.2) is 12.4 Å². The lowest BCUT2D eigenvalue weighted by Crippen LogP contribution is -2.47. The number of piperazine rings is 1. The summed E-state index contributed by atoms with van der Waals surface area (Å²) in [6.45, 7) is 8.16.